The Bertz CT molecular complexity index is 564. The molecule has 0 spiro atoms. The molecule has 3 N–H and O–H groups in total. The Kier molecular flexibility index (Phi) is 4.10. The molecule has 1 saturated carbocycles. The number of nitro groups is 1. The predicted octanol–water partition coefficient (Wildman–Crippen LogP) is 2.81. The molecule has 1 aromatic rings. The van der Waals surface area contributed by atoms with Crippen LogP contribution in [0.15, 0.2) is 22.7 Å². The molecule has 0 radical (unpaired) electrons. The van der Waals surface area contributed by atoms with Crippen molar-refractivity contribution < 1.29 is 9.72 Å². The van der Waals surface area contributed by atoms with Crippen molar-refractivity contribution in [2.45, 2.75) is 32.2 Å². The SMILES string of the molecule is CC1(C(=O)Nc2ccc(Br)c([N+](=O)[O-])c2)CCCC1N. The highest BCUT2D eigenvalue weighted by Gasteiger charge is 2.43. The van der Waals surface area contributed by atoms with Gasteiger partial charge in [-0.1, -0.05) is 6.42 Å². The number of carbonyl (C=O) groups is 1. The van der Waals surface area contributed by atoms with E-state index in [0.717, 1.165) is 19.3 Å². The van der Waals surface area contributed by atoms with Gasteiger partial charge in [-0.25, -0.2) is 0 Å². The molecule has 2 unspecified atom stereocenters. The van der Waals surface area contributed by atoms with Crippen molar-refractivity contribution in [3.8, 4) is 0 Å². The molecule has 0 bridgehead atoms. The van der Waals surface area contributed by atoms with Gasteiger partial charge in [-0.15, -0.1) is 0 Å². The van der Waals surface area contributed by atoms with E-state index < -0.39 is 10.3 Å². The lowest BCUT2D eigenvalue weighted by molar-refractivity contribution is -0.385. The molecule has 1 aliphatic carbocycles. The molecule has 108 valence electrons. The van der Waals surface area contributed by atoms with Crippen LogP contribution >= 0.6 is 15.9 Å². The van der Waals surface area contributed by atoms with E-state index in [-0.39, 0.29) is 17.6 Å². The van der Waals surface area contributed by atoms with E-state index in [0.29, 0.717) is 10.2 Å². The minimum atomic E-state index is -0.609. The molecule has 1 aromatic carbocycles. The van der Waals surface area contributed by atoms with Crippen molar-refractivity contribution in [1.29, 1.82) is 0 Å². The van der Waals surface area contributed by atoms with E-state index in [9.17, 15) is 14.9 Å². The number of nitro benzene ring substituents is 1. The van der Waals surface area contributed by atoms with Crippen LogP contribution in [-0.2, 0) is 4.79 Å². The van der Waals surface area contributed by atoms with Gasteiger partial charge >= 0.3 is 0 Å². The first-order chi connectivity index (χ1) is 9.34. The maximum atomic E-state index is 12.3. The number of anilines is 1. The van der Waals surface area contributed by atoms with Crippen molar-refractivity contribution in [1.82, 2.24) is 0 Å². The van der Waals surface area contributed by atoms with Gasteiger partial charge in [0.15, 0.2) is 0 Å². The third kappa shape index (κ3) is 2.69. The van der Waals surface area contributed by atoms with Crippen LogP contribution in [0.3, 0.4) is 0 Å². The van der Waals surface area contributed by atoms with Gasteiger partial charge in [-0.2, -0.15) is 0 Å². The molecule has 7 heteroatoms. The van der Waals surface area contributed by atoms with Crippen molar-refractivity contribution >= 4 is 33.2 Å². The number of hydrogen-bond acceptors (Lipinski definition) is 4. The van der Waals surface area contributed by atoms with Crippen LogP contribution in [0.4, 0.5) is 11.4 Å². The highest BCUT2D eigenvalue weighted by atomic mass is 79.9. The highest BCUT2D eigenvalue weighted by Crippen LogP contribution is 2.38. The van der Waals surface area contributed by atoms with Crippen molar-refractivity contribution in [2.24, 2.45) is 11.1 Å². The molecular weight excluding hydrogens is 326 g/mol. The maximum absolute atomic E-state index is 12.3. The van der Waals surface area contributed by atoms with Gasteiger partial charge < -0.3 is 11.1 Å². The summed E-state index contributed by atoms with van der Waals surface area (Å²) in [6, 6.07) is 4.34. The summed E-state index contributed by atoms with van der Waals surface area (Å²) in [6.07, 6.45) is 2.48. The van der Waals surface area contributed by atoms with Gasteiger partial charge in [-0.05, 0) is 47.8 Å². The Morgan fingerprint density at radius 1 is 1.60 bits per heavy atom. The zero-order valence-electron chi connectivity index (χ0n) is 11.1. The van der Waals surface area contributed by atoms with E-state index in [1.807, 2.05) is 6.92 Å². The number of hydrogen-bond donors (Lipinski definition) is 2. The molecule has 1 aliphatic rings. The fourth-order valence-corrected chi connectivity index (χ4v) is 2.87. The smallest absolute Gasteiger partial charge is 0.285 e. The van der Waals surface area contributed by atoms with E-state index in [2.05, 4.69) is 21.2 Å². The summed E-state index contributed by atoms with van der Waals surface area (Å²) in [5, 5.41) is 13.6. The van der Waals surface area contributed by atoms with Gasteiger partial charge in [0.05, 0.1) is 14.8 Å². The zero-order valence-corrected chi connectivity index (χ0v) is 12.6. The van der Waals surface area contributed by atoms with Crippen molar-refractivity contribution in [3.05, 3.63) is 32.8 Å². The van der Waals surface area contributed by atoms with Crippen LogP contribution in [0.2, 0.25) is 0 Å². The second-order valence-corrected chi connectivity index (χ2v) is 6.15. The summed E-state index contributed by atoms with van der Waals surface area (Å²) >= 11 is 3.11. The van der Waals surface area contributed by atoms with E-state index in [4.69, 9.17) is 5.73 Å². The lowest BCUT2D eigenvalue weighted by Gasteiger charge is -2.27. The molecule has 2 rings (SSSR count). The number of rotatable bonds is 3. The summed E-state index contributed by atoms with van der Waals surface area (Å²) in [4.78, 5) is 22.7. The highest BCUT2D eigenvalue weighted by molar-refractivity contribution is 9.10. The van der Waals surface area contributed by atoms with Gasteiger partial charge in [0.2, 0.25) is 5.91 Å². The summed E-state index contributed by atoms with van der Waals surface area (Å²) in [5.41, 5.74) is 5.71. The van der Waals surface area contributed by atoms with Crippen LogP contribution in [0.1, 0.15) is 26.2 Å². The first kappa shape index (κ1) is 14.9. The molecule has 0 heterocycles. The lowest BCUT2D eigenvalue weighted by Crippen LogP contribution is -2.44. The van der Waals surface area contributed by atoms with E-state index >= 15 is 0 Å². The molecule has 1 fully saturated rings. The average Bonchev–Trinajstić information content (AvgIpc) is 2.73. The number of nitrogens with one attached hydrogen (secondary N) is 1. The van der Waals surface area contributed by atoms with Gasteiger partial charge in [0.25, 0.3) is 5.69 Å². The lowest BCUT2D eigenvalue weighted by atomic mass is 9.84. The number of carbonyl (C=O) groups excluding carboxylic acids is 1. The molecule has 1 amide bonds. The minimum absolute atomic E-state index is 0.0799. The topological polar surface area (TPSA) is 98.3 Å². The third-order valence-corrected chi connectivity index (χ3v) is 4.62. The van der Waals surface area contributed by atoms with E-state index in [1.165, 1.54) is 6.07 Å². The summed E-state index contributed by atoms with van der Waals surface area (Å²) in [6.45, 7) is 1.84. The van der Waals surface area contributed by atoms with Crippen molar-refractivity contribution in [2.75, 3.05) is 5.32 Å². The molecule has 2 atom stereocenters. The fourth-order valence-electron chi connectivity index (χ4n) is 2.48. The molecule has 0 aliphatic heterocycles. The number of nitrogens with zero attached hydrogens (tertiary/aromatic N) is 1. The monoisotopic (exact) mass is 341 g/mol. The van der Waals surface area contributed by atoms with Gasteiger partial charge in [0, 0.05) is 17.8 Å². The predicted molar refractivity (Wildman–Crippen MR) is 79.4 cm³/mol. The second kappa shape index (κ2) is 5.49. The maximum Gasteiger partial charge on any atom is 0.285 e. The van der Waals surface area contributed by atoms with Crippen LogP contribution in [0.25, 0.3) is 0 Å². The first-order valence-corrected chi connectivity index (χ1v) is 7.15. The molecule has 20 heavy (non-hydrogen) atoms. The van der Waals surface area contributed by atoms with Crippen molar-refractivity contribution in [3.63, 3.8) is 0 Å². The van der Waals surface area contributed by atoms with Gasteiger partial charge in [0.1, 0.15) is 0 Å². The molecule has 0 saturated heterocycles. The van der Waals surface area contributed by atoms with E-state index in [1.54, 1.807) is 12.1 Å². The quantitative estimate of drug-likeness (QED) is 0.652. The Balaban J connectivity index is 2.20. The Morgan fingerprint density at radius 3 is 2.85 bits per heavy atom. The van der Waals surface area contributed by atoms with Crippen LogP contribution in [0, 0.1) is 15.5 Å². The third-order valence-electron chi connectivity index (χ3n) is 3.95. The van der Waals surface area contributed by atoms with Gasteiger partial charge in [-0.3, -0.25) is 14.9 Å². The summed E-state index contributed by atoms with van der Waals surface area (Å²) in [7, 11) is 0. The molecule has 6 nitrogen and oxygen atoms in total. The van der Waals surface area contributed by atoms with Crippen LogP contribution in [0.5, 0.6) is 0 Å². The van der Waals surface area contributed by atoms with Crippen LogP contribution in [-0.4, -0.2) is 16.9 Å². The number of halogens is 1. The second-order valence-electron chi connectivity index (χ2n) is 5.29. The van der Waals surface area contributed by atoms with Crippen LogP contribution < -0.4 is 11.1 Å². The average molecular weight is 342 g/mol. The number of benzene rings is 1. The standard InChI is InChI=1S/C13H16BrN3O3/c1-13(6-2-3-11(13)15)12(18)16-8-4-5-9(14)10(7-8)17(19)20/h4-5,7,11H,2-3,6,15H2,1H3,(H,16,18). The fraction of sp³-hybridized carbons (Fsp3) is 0.462. The summed E-state index contributed by atoms with van der Waals surface area (Å²) in [5.74, 6) is -0.181. The normalized spacial score (nSPS) is 25.4. The Morgan fingerprint density at radius 2 is 2.30 bits per heavy atom. The minimum Gasteiger partial charge on any atom is -0.327 e. The molecule has 0 aromatic heterocycles. The zero-order chi connectivity index (χ0) is 14.9. The molecular formula is C13H16BrN3O3. The number of amides is 1. The largest absolute Gasteiger partial charge is 0.327 e. The Labute approximate surface area is 125 Å². The first-order valence-electron chi connectivity index (χ1n) is 6.35. The summed E-state index contributed by atoms with van der Waals surface area (Å²) < 4.78 is 0.379. The Hall–Kier alpha value is -1.47. The number of nitrogens with two attached hydrogens (primary N) is 1.